The first-order valence-electron chi connectivity index (χ1n) is 14.6. The predicted octanol–water partition coefficient (Wildman–Crippen LogP) is 10.1. The van der Waals surface area contributed by atoms with Crippen molar-refractivity contribution in [3.05, 3.63) is 151 Å². The molecule has 0 saturated heterocycles. The van der Waals surface area contributed by atoms with Gasteiger partial charge in [-0.05, 0) is 95.1 Å². The zero-order valence-corrected chi connectivity index (χ0v) is 25.6. The van der Waals surface area contributed by atoms with Crippen molar-refractivity contribution in [1.29, 1.82) is 0 Å². The van der Waals surface area contributed by atoms with Gasteiger partial charge in [0.2, 0.25) is 0 Å². The maximum absolute atomic E-state index is 5.14. The lowest BCUT2D eigenvalue weighted by Gasteiger charge is -2.13. The van der Waals surface area contributed by atoms with E-state index >= 15 is 0 Å². The van der Waals surface area contributed by atoms with Gasteiger partial charge in [0.15, 0.2) is 5.82 Å². The van der Waals surface area contributed by atoms with Crippen LogP contribution in [0.5, 0.6) is 0 Å². The Morgan fingerprint density at radius 3 is 1.98 bits per heavy atom. The van der Waals surface area contributed by atoms with E-state index in [1.807, 2.05) is 67.3 Å². The Morgan fingerprint density at radius 1 is 0.444 bits per heavy atom. The molecular formula is C39H24BrN5. The molecule has 0 fully saturated rings. The van der Waals surface area contributed by atoms with Crippen LogP contribution >= 0.6 is 15.9 Å². The van der Waals surface area contributed by atoms with Crippen LogP contribution < -0.4 is 0 Å². The molecule has 6 heteroatoms. The first-order chi connectivity index (χ1) is 22.2. The van der Waals surface area contributed by atoms with Crippen LogP contribution in [0.1, 0.15) is 0 Å². The van der Waals surface area contributed by atoms with Crippen LogP contribution in [-0.4, -0.2) is 24.9 Å². The first-order valence-corrected chi connectivity index (χ1v) is 15.4. The Morgan fingerprint density at radius 2 is 1.13 bits per heavy atom. The summed E-state index contributed by atoms with van der Waals surface area (Å²) in [7, 11) is 0. The first kappa shape index (κ1) is 27.0. The quantitative estimate of drug-likeness (QED) is 0.187. The molecule has 0 aliphatic rings. The second-order valence-electron chi connectivity index (χ2n) is 10.8. The van der Waals surface area contributed by atoms with Crippen molar-refractivity contribution in [3.63, 3.8) is 0 Å². The van der Waals surface area contributed by atoms with Crippen molar-refractivity contribution in [2.45, 2.75) is 0 Å². The van der Waals surface area contributed by atoms with E-state index in [0.717, 1.165) is 76.6 Å². The number of nitrogens with zero attached hydrogens (tertiary/aromatic N) is 5. The Bertz CT molecular complexity index is 2330. The lowest BCUT2D eigenvalue weighted by atomic mass is 9.97. The van der Waals surface area contributed by atoms with Crippen molar-refractivity contribution >= 4 is 37.7 Å². The highest BCUT2D eigenvalue weighted by atomic mass is 79.9. The molecule has 4 aromatic carbocycles. The molecule has 0 unspecified atom stereocenters. The zero-order chi connectivity index (χ0) is 30.2. The van der Waals surface area contributed by atoms with Gasteiger partial charge in [0, 0.05) is 56.7 Å². The summed E-state index contributed by atoms with van der Waals surface area (Å²) < 4.78 is 0.969. The highest BCUT2D eigenvalue weighted by Crippen LogP contribution is 2.36. The smallest absolute Gasteiger partial charge is 0.160 e. The average molecular weight is 643 g/mol. The van der Waals surface area contributed by atoms with Gasteiger partial charge < -0.3 is 0 Å². The maximum atomic E-state index is 5.14. The zero-order valence-electron chi connectivity index (χ0n) is 24.0. The molecule has 45 heavy (non-hydrogen) atoms. The predicted molar refractivity (Wildman–Crippen MR) is 185 cm³/mol. The minimum atomic E-state index is 0.655. The Balaban J connectivity index is 1.29. The van der Waals surface area contributed by atoms with Gasteiger partial charge in [0.25, 0.3) is 0 Å². The van der Waals surface area contributed by atoms with Gasteiger partial charge in [0.05, 0.1) is 22.4 Å². The fraction of sp³-hybridized carbons (Fsp3) is 0. The summed E-state index contributed by atoms with van der Waals surface area (Å²) >= 11 is 3.79. The number of pyridine rings is 3. The molecule has 0 atom stereocenters. The van der Waals surface area contributed by atoms with E-state index in [2.05, 4.69) is 110 Å². The highest BCUT2D eigenvalue weighted by Gasteiger charge is 2.14. The molecule has 0 bridgehead atoms. The van der Waals surface area contributed by atoms with Gasteiger partial charge in [-0.15, -0.1) is 0 Å². The molecule has 0 N–H and O–H groups in total. The van der Waals surface area contributed by atoms with E-state index in [1.165, 1.54) is 0 Å². The van der Waals surface area contributed by atoms with Crippen LogP contribution in [0.4, 0.5) is 0 Å². The largest absolute Gasteiger partial charge is 0.265 e. The standard InChI is InChI=1S/C39H24BrN5/c40-32-22-30(33-5-1-7-36-34(33)6-3-17-43-36)21-31(23-32)38-24-37(27-10-8-25(9-11-27)26-14-18-41-19-15-26)44-39(45-38)29-12-13-35-28(20-29)4-2-16-42-35/h1-24H. The summed E-state index contributed by atoms with van der Waals surface area (Å²) in [5.74, 6) is 0.655. The molecule has 0 saturated carbocycles. The summed E-state index contributed by atoms with van der Waals surface area (Å²) in [6, 6.07) is 41.5. The number of benzene rings is 4. The summed E-state index contributed by atoms with van der Waals surface area (Å²) in [5, 5.41) is 2.15. The fourth-order valence-electron chi connectivity index (χ4n) is 5.71. The number of aromatic nitrogens is 5. The third kappa shape index (κ3) is 5.37. The highest BCUT2D eigenvalue weighted by molar-refractivity contribution is 9.10. The molecule has 8 aromatic rings. The fourth-order valence-corrected chi connectivity index (χ4v) is 6.21. The molecule has 0 spiro atoms. The van der Waals surface area contributed by atoms with E-state index in [-0.39, 0.29) is 0 Å². The summed E-state index contributed by atoms with van der Waals surface area (Å²) in [6.07, 6.45) is 7.26. The molecule has 0 amide bonds. The van der Waals surface area contributed by atoms with Crippen LogP contribution in [-0.2, 0) is 0 Å². The summed E-state index contributed by atoms with van der Waals surface area (Å²) in [5.41, 5.74) is 11.0. The second-order valence-corrected chi connectivity index (χ2v) is 11.7. The van der Waals surface area contributed by atoms with E-state index < -0.39 is 0 Å². The number of hydrogen-bond donors (Lipinski definition) is 0. The van der Waals surface area contributed by atoms with E-state index in [4.69, 9.17) is 9.97 Å². The van der Waals surface area contributed by atoms with Crippen molar-refractivity contribution in [2.24, 2.45) is 0 Å². The molecule has 212 valence electrons. The molecule has 4 aromatic heterocycles. The molecule has 4 heterocycles. The third-order valence-electron chi connectivity index (χ3n) is 7.93. The van der Waals surface area contributed by atoms with Crippen molar-refractivity contribution in [1.82, 2.24) is 24.9 Å². The van der Waals surface area contributed by atoms with Crippen LogP contribution in [0.3, 0.4) is 0 Å². The molecule has 5 nitrogen and oxygen atoms in total. The van der Waals surface area contributed by atoms with Gasteiger partial charge in [-0.2, -0.15) is 0 Å². The SMILES string of the molecule is Brc1cc(-c2cc(-c3ccc(-c4ccncc4)cc3)nc(-c3ccc4ncccc4c3)n2)cc(-c2cccc3ncccc23)c1. The van der Waals surface area contributed by atoms with Crippen molar-refractivity contribution in [3.8, 4) is 56.2 Å². The lowest BCUT2D eigenvalue weighted by molar-refractivity contribution is 1.18. The molecule has 0 radical (unpaired) electrons. The van der Waals surface area contributed by atoms with Gasteiger partial charge in [-0.3, -0.25) is 15.0 Å². The van der Waals surface area contributed by atoms with Gasteiger partial charge in [0.1, 0.15) is 0 Å². The van der Waals surface area contributed by atoms with E-state index in [1.54, 1.807) is 0 Å². The van der Waals surface area contributed by atoms with E-state index in [0.29, 0.717) is 5.82 Å². The maximum Gasteiger partial charge on any atom is 0.160 e. The topological polar surface area (TPSA) is 64.5 Å². The van der Waals surface area contributed by atoms with Crippen LogP contribution in [0, 0.1) is 0 Å². The normalized spacial score (nSPS) is 11.2. The monoisotopic (exact) mass is 641 g/mol. The van der Waals surface area contributed by atoms with Gasteiger partial charge >= 0.3 is 0 Å². The van der Waals surface area contributed by atoms with Gasteiger partial charge in [-0.25, -0.2) is 9.97 Å². The van der Waals surface area contributed by atoms with Gasteiger partial charge in [-0.1, -0.05) is 64.5 Å². The number of halogens is 1. The summed E-state index contributed by atoms with van der Waals surface area (Å²) in [4.78, 5) is 23.4. The molecule has 0 aliphatic carbocycles. The van der Waals surface area contributed by atoms with Crippen molar-refractivity contribution in [2.75, 3.05) is 0 Å². The second kappa shape index (κ2) is 11.5. The minimum Gasteiger partial charge on any atom is -0.265 e. The Labute approximate surface area is 268 Å². The average Bonchev–Trinajstić information content (AvgIpc) is 3.11. The number of rotatable bonds is 5. The van der Waals surface area contributed by atoms with Crippen LogP contribution in [0.2, 0.25) is 0 Å². The Kier molecular flexibility index (Phi) is 6.89. The Hall–Kier alpha value is -5.59. The van der Waals surface area contributed by atoms with E-state index in [9.17, 15) is 0 Å². The lowest BCUT2D eigenvalue weighted by Crippen LogP contribution is -1.97. The van der Waals surface area contributed by atoms with Crippen LogP contribution in [0.25, 0.3) is 78.0 Å². The molecule has 8 rings (SSSR count). The number of fused-ring (bicyclic) bond motifs is 2. The van der Waals surface area contributed by atoms with Crippen LogP contribution in [0.15, 0.2) is 151 Å². The number of hydrogen-bond acceptors (Lipinski definition) is 5. The summed E-state index contributed by atoms with van der Waals surface area (Å²) in [6.45, 7) is 0. The third-order valence-corrected chi connectivity index (χ3v) is 8.39. The molecule has 0 aliphatic heterocycles. The minimum absolute atomic E-state index is 0.655. The van der Waals surface area contributed by atoms with Crippen molar-refractivity contribution < 1.29 is 0 Å². The molecular weight excluding hydrogens is 618 g/mol.